The lowest BCUT2D eigenvalue weighted by molar-refractivity contribution is -0.119. The first kappa shape index (κ1) is 22.8. The number of nitrogens with one attached hydrogen (secondary N) is 2. The first-order valence-corrected chi connectivity index (χ1v) is 10.1. The Hall–Kier alpha value is -3.90. The van der Waals surface area contributed by atoms with Crippen LogP contribution in [-0.4, -0.2) is 46.4 Å². The Morgan fingerprint density at radius 1 is 1.12 bits per heavy atom. The summed E-state index contributed by atoms with van der Waals surface area (Å²) in [6.45, 7) is 5.96. The molecular weight excluding hydrogens is 408 g/mol. The Balaban J connectivity index is 1.65. The number of hydrogen-bond donors (Lipinski definition) is 2. The summed E-state index contributed by atoms with van der Waals surface area (Å²) in [7, 11) is 1.67. The topological polar surface area (TPSA) is 116 Å². The van der Waals surface area contributed by atoms with E-state index in [9.17, 15) is 14.9 Å². The minimum absolute atomic E-state index is 0.0135. The van der Waals surface area contributed by atoms with E-state index >= 15 is 0 Å². The number of carbonyl (C=O) groups is 2. The van der Waals surface area contributed by atoms with Crippen LogP contribution < -0.4 is 10.6 Å². The van der Waals surface area contributed by atoms with Gasteiger partial charge < -0.3 is 19.6 Å². The lowest BCUT2D eigenvalue weighted by Gasteiger charge is -2.17. The number of anilines is 2. The van der Waals surface area contributed by atoms with Gasteiger partial charge in [-0.2, -0.15) is 5.26 Å². The van der Waals surface area contributed by atoms with Crippen molar-refractivity contribution in [2.24, 2.45) is 0 Å². The SMILES string of the molecule is Cc1cccc(NC(=O)CN(C)CC(=O)Nc2c(C#N)c(C)c(C)n2Cc2ccco2)n1. The van der Waals surface area contributed by atoms with E-state index in [1.165, 1.54) is 0 Å². The van der Waals surface area contributed by atoms with E-state index in [1.54, 1.807) is 30.3 Å². The molecule has 0 atom stereocenters. The summed E-state index contributed by atoms with van der Waals surface area (Å²) >= 11 is 0. The van der Waals surface area contributed by atoms with Gasteiger partial charge in [0, 0.05) is 11.4 Å². The first-order chi connectivity index (χ1) is 15.3. The fourth-order valence-corrected chi connectivity index (χ4v) is 3.40. The molecule has 32 heavy (non-hydrogen) atoms. The molecule has 3 rings (SSSR count). The molecule has 0 bridgehead atoms. The second-order valence-corrected chi connectivity index (χ2v) is 7.64. The summed E-state index contributed by atoms with van der Waals surface area (Å²) < 4.78 is 7.27. The lowest BCUT2D eigenvalue weighted by Crippen LogP contribution is -2.36. The number of likely N-dealkylation sites (N-methyl/N-ethyl adjacent to an activating group) is 1. The molecule has 0 radical (unpaired) electrons. The number of furan rings is 1. The predicted molar refractivity (Wildman–Crippen MR) is 120 cm³/mol. The molecule has 166 valence electrons. The van der Waals surface area contributed by atoms with E-state index in [-0.39, 0.29) is 24.9 Å². The van der Waals surface area contributed by atoms with Gasteiger partial charge in [0.1, 0.15) is 23.5 Å². The molecule has 3 heterocycles. The minimum Gasteiger partial charge on any atom is -0.467 e. The third kappa shape index (κ3) is 5.42. The lowest BCUT2D eigenvalue weighted by atomic mass is 10.2. The smallest absolute Gasteiger partial charge is 0.239 e. The highest BCUT2D eigenvalue weighted by molar-refractivity contribution is 5.95. The zero-order chi connectivity index (χ0) is 23.3. The summed E-state index contributed by atoms with van der Waals surface area (Å²) in [6, 6.07) is 11.2. The van der Waals surface area contributed by atoms with Gasteiger partial charge in [-0.25, -0.2) is 4.98 Å². The molecule has 9 nitrogen and oxygen atoms in total. The highest BCUT2D eigenvalue weighted by Gasteiger charge is 2.21. The van der Waals surface area contributed by atoms with Crippen LogP contribution in [0.25, 0.3) is 0 Å². The molecule has 2 N–H and O–H groups in total. The van der Waals surface area contributed by atoms with Crippen molar-refractivity contribution in [2.45, 2.75) is 27.3 Å². The van der Waals surface area contributed by atoms with Crippen LogP contribution in [0, 0.1) is 32.1 Å². The molecule has 0 unspecified atom stereocenters. The highest BCUT2D eigenvalue weighted by atomic mass is 16.3. The van der Waals surface area contributed by atoms with Crippen LogP contribution in [0.2, 0.25) is 0 Å². The molecule has 3 aromatic rings. The Bertz CT molecular complexity index is 1160. The fraction of sp³-hybridized carbons (Fsp3) is 0.304. The van der Waals surface area contributed by atoms with Crippen molar-refractivity contribution in [1.29, 1.82) is 5.26 Å². The number of amides is 2. The molecule has 0 fully saturated rings. The molecule has 2 amide bonds. The molecular formula is C23H26N6O3. The van der Waals surface area contributed by atoms with Crippen molar-refractivity contribution in [3.8, 4) is 6.07 Å². The number of nitrogens with zero attached hydrogens (tertiary/aromatic N) is 4. The number of hydrogen-bond acceptors (Lipinski definition) is 6. The van der Waals surface area contributed by atoms with Gasteiger partial charge in [0.25, 0.3) is 0 Å². The van der Waals surface area contributed by atoms with Crippen molar-refractivity contribution < 1.29 is 14.0 Å². The maximum Gasteiger partial charge on any atom is 0.239 e. The maximum absolute atomic E-state index is 12.7. The number of pyridine rings is 1. The number of aryl methyl sites for hydroxylation is 1. The Labute approximate surface area is 186 Å². The van der Waals surface area contributed by atoms with Gasteiger partial charge in [-0.05, 0) is 57.6 Å². The molecule has 0 aliphatic heterocycles. The van der Waals surface area contributed by atoms with Crippen molar-refractivity contribution in [3.05, 3.63) is 64.9 Å². The number of rotatable bonds is 8. The van der Waals surface area contributed by atoms with Gasteiger partial charge in [-0.15, -0.1) is 0 Å². The van der Waals surface area contributed by atoms with Crippen LogP contribution in [-0.2, 0) is 16.1 Å². The molecule has 3 aromatic heterocycles. The maximum atomic E-state index is 12.7. The molecule has 0 aliphatic carbocycles. The van der Waals surface area contributed by atoms with E-state index in [4.69, 9.17) is 4.42 Å². The van der Waals surface area contributed by atoms with Crippen molar-refractivity contribution in [1.82, 2.24) is 14.5 Å². The number of carbonyl (C=O) groups excluding carboxylic acids is 2. The highest BCUT2D eigenvalue weighted by Crippen LogP contribution is 2.27. The quantitative estimate of drug-likeness (QED) is 0.563. The van der Waals surface area contributed by atoms with E-state index in [0.717, 1.165) is 17.0 Å². The van der Waals surface area contributed by atoms with Crippen molar-refractivity contribution in [2.75, 3.05) is 30.8 Å². The van der Waals surface area contributed by atoms with E-state index in [1.807, 2.05) is 43.5 Å². The van der Waals surface area contributed by atoms with Gasteiger partial charge in [0.05, 0.1) is 31.5 Å². The zero-order valence-corrected chi connectivity index (χ0v) is 18.6. The fourth-order valence-electron chi connectivity index (χ4n) is 3.40. The summed E-state index contributed by atoms with van der Waals surface area (Å²) in [5.74, 6) is 0.994. The second-order valence-electron chi connectivity index (χ2n) is 7.64. The molecule has 0 saturated carbocycles. The van der Waals surface area contributed by atoms with Crippen LogP contribution >= 0.6 is 0 Å². The Kier molecular flexibility index (Phi) is 7.07. The second kappa shape index (κ2) is 9.94. The summed E-state index contributed by atoms with van der Waals surface area (Å²) in [5.41, 5.74) is 2.87. The standard InChI is InChI=1S/C23H26N6O3/c1-15-7-5-9-20(25-15)26-21(30)13-28(4)14-22(31)27-23-19(11-24)16(2)17(3)29(23)12-18-8-6-10-32-18/h5-10H,12-14H2,1-4H3,(H,27,31)(H,25,26,30). The normalized spacial score (nSPS) is 10.8. The van der Waals surface area contributed by atoms with Crippen LogP contribution in [0.1, 0.15) is 28.3 Å². The molecule has 9 heteroatoms. The third-order valence-electron chi connectivity index (χ3n) is 5.08. The Morgan fingerprint density at radius 2 is 1.84 bits per heavy atom. The van der Waals surface area contributed by atoms with Gasteiger partial charge in [-0.3, -0.25) is 14.5 Å². The summed E-state index contributed by atoms with van der Waals surface area (Å²) in [5, 5.41) is 15.2. The van der Waals surface area contributed by atoms with Crippen molar-refractivity contribution >= 4 is 23.5 Å². The summed E-state index contributed by atoms with van der Waals surface area (Å²) in [6.07, 6.45) is 1.58. The largest absolute Gasteiger partial charge is 0.467 e. The predicted octanol–water partition coefficient (Wildman–Crippen LogP) is 2.83. The van der Waals surface area contributed by atoms with Gasteiger partial charge in [-0.1, -0.05) is 6.07 Å². The minimum atomic E-state index is -0.330. The van der Waals surface area contributed by atoms with Gasteiger partial charge in [0.15, 0.2) is 0 Å². The van der Waals surface area contributed by atoms with Crippen LogP contribution in [0.15, 0.2) is 41.0 Å². The van der Waals surface area contributed by atoms with E-state index in [2.05, 4.69) is 21.7 Å². The van der Waals surface area contributed by atoms with Crippen LogP contribution in [0.5, 0.6) is 0 Å². The van der Waals surface area contributed by atoms with Crippen LogP contribution in [0.3, 0.4) is 0 Å². The zero-order valence-electron chi connectivity index (χ0n) is 18.6. The average molecular weight is 435 g/mol. The number of nitriles is 1. The monoisotopic (exact) mass is 434 g/mol. The molecule has 0 aliphatic rings. The summed E-state index contributed by atoms with van der Waals surface area (Å²) in [4.78, 5) is 30.8. The average Bonchev–Trinajstić information content (AvgIpc) is 3.30. The van der Waals surface area contributed by atoms with Gasteiger partial charge >= 0.3 is 0 Å². The molecule has 0 aromatic carbocycles. The molecule has 0 spiro atoms. The van der Waals surface area contributed by atoms with E-state index < -0.39 is 0 Å². The third-order valence-corrected chi connectivity index (χ3v) is 5.08. The van der Waals surface area contributed by atoms with E-state index in [0.29, 0.717) is 29.5 Å². The van der Waals surface area contributed by atoms with Crippen LogP contribution in [0.4, 0.5) is 11.6 Å². The number of aromatic nitrogens is 2. The van der Waals surface area contributed by atoms with Gasteiger partial charge in [0.2, 0.25) is 11.8 Å². The molecule has 0 saturated heterocycles. The first-order valence-electron chi connectivity index (χ1n) is 10.1. The Morgan fingerprint density at radius 3 is 2.47 bits per heavy atom. The van der Waals surface area contributed by atoms with Crippen molar-refractivity contribution in [3.63, 3.8) is 0 Å².